The van der Waals surface area contributed by atoms with Crippen LogP contribution in [-0.2, 0) is 10.0 Å². The molecule has 1 amide bonds. The smallest absolute Gasteiger partial charge is 0.254 e. The molecule has 1 aliphatic rings. The fourth-order valence-electron chi connectivity index (χ4n) is 1.92. The van der Waals surface area contributed by atoms with Crippen LogP contribution in [0.4, 0.5) is 4.39 Å². The van der Waals surface area contributed by atoms with E-state index in [2.05, 4.69) is 28.2 Å². The summed E-state index contributed by atoms with van der Waals surface area (Å²) in [6, 6.07) is 1.87. The zero-order valence-electron chi connectivity index (χ0n) is 10.7. The Morgan fingerprint density at radius 2 is 2.15 bits per heavy atom. The van der Waals surface area contributed by atoms with Gasteiger partial charge in [0.1, 0.15) is 5.82 Å². The molecular weight excluding hydrogens is 351 g/mol. The largest absolute Gasteiger partial charge is 0.352 e. The summed E-state index contributed by atoms with van der Waals surface area (Å²) in [7, 11) is -4.03. The third kappa shape index (κ3) is 3.36. The Morgan fingerprint density at radius 3 is 2.65 bits per heavy atom. The van der Waals surface area contributed by atoms with Crippen LogP contribution >= 0.6 is 15.9 Å². The molecule has 8 heteroatoms. The van der Waals surface area contributed by atoms with E-state index in [0.29, 0.717) is 18.4 Å². The van der Waals surface area contributed by atoms with Gasteiger partial charge in [-0.1, -0.05) is 6.92 Å². The van der Waals surface area contributed by atoms with Gasteiger partial charge < -0.3 is 5.32 Å². The monoisotopic (exact) mass is 364 g/mol. The first-order chi connectivity index (χ1) is 9.20. The van der Waals surface area contributed by atoms with Crippen molar-refractivity contribution in [2.45, 2.75) is 18.2 Å². The van der Waals surface area contributed by atoms with Gasteiger partial charge in [-0.05, 0) is 46.3 Å². The van der Waals surface area contributed by atoms with Crippen LogP contribution in [0.2, 0.25) is 0 Å². The van der Waals surface area contributed by atoms with Crippen LogP contribution in [0, 0.1) is 17.7 Å². The van der Waals surface area contributed by atoms with Crippen LogP contribution in [0.25, 0.3) is 0 Å². The van der Waals surface area contributed by atoms with Gasteiger partial charge in [-0.3, -0.25) is 4.79 Å². The lowest BCUT2D eigenvalue weighted by molar-refractivity contribution is 0.0947. The third-order valence-electron chi connectivity index (χ3n) is 3.37. The van der Waals surface area contributed by atoms with Crippen molar-refractivity contribution in [1.82, 2.24) is 5.32 Å². The summed E-state index contributed by atoms with van der Waals surface area (Å²) in [5.74, 6) is -0.468. The van der Waals surface area contributed by atoms with Crippen molar-refractivity contribution in [3.8, 4) is 0 Å². The van der Waals surface area contributed by atoms with Crippen LogP contribution in [0.3, 0.4) is 0 Å². The molecule has 5 nitrogen and oxygen atoms in total. The quantitative estimate of drug-likeness (QED) is 0.850. The van der Waals surface area contributed by atoms with E-state index in [1.165, 1.54) is 0 Å². The van der Waals surface area contributed by atoms with Crippen LogP contribution in [0.5, 0.6) is 0 Å². The lowest BCUT2D eigenvalue weighted by Gasteiger charge is -2.09. The molecule has 1 aromatic carbocycles. The van der Waals surface area contributed by atoms with E-state index in [9.17, 15) is 17.6 Å². The zero-order valence-corrected chi connectivity index (χ0v) is 13.1. The summed E-state index contributed by atoms with van der Waals surface area (Å²) >= 11 is 2.92. The predicted octanol–water partition coefficient (Wildman–Crippen LogP) is 1.62. The number of hydrogen-bond donors (Lipinski definition) is 2. The van der Waals surface area contributed by atoms with Gasteiger partial charge >= 0.3 is 0 Å². The molecule has 3 N–H and O–H groups in total. The van der Waals surface area contributed by atoms with Crippen molar-refractivity contribution < 1.29 is 17.6 Å². The van der Waals surface area contributed by atoms with Gasteiger partial charge in [0.25, 0.3) is 5.91 Å². The summed E-state index contributed by atoms with van der Waals surface area (Å²) in [4.78, 5) is 11.6. The van der Waals surface area contributed by atoms with E-state index >= 15 is 0 Å². The molecule has 0 radical (unpaired) electrons. The van der Waals surface area contributed by atoms with Crippen molar-refractivity contribution in [3.05, 3.63) is 28.0 Å². The molecular formula is C12H14BrFN2O3S. The molecule has 1 aromatic rings. The normalized spacial score (nSPS) is 21.6. The highest BCUT2D eigenvalue weighted by atomic mass is 79.9. The Bertz CT molecular complexity index is 663. The van der Waals surface area contributed by atoms with Gasteiger partial charge in [0.15, 0.2) is 0 Å². The maximum absolute atomic E-state index is 13.8. The Kier molecular flexibility index (Phi) is 4.17. The third-order valence-corrected chi connectivity index (χ3v) is 5.24. The summed E-state index contributed by atoms with van der Waals surface area (Å²) in [6.45, 7) is 2.52. The molecule has 2 atom stereocenters. The van der Waals surface area contributed by atoms with E-state index in [4.69, 9.17) is 5.14 Å². The van der Waals surface area contributed by atoms with Crippen LogP contribution in [0.15, 0.2) is 21.5 Å². The Hall–Kier alpha value is -0.990. The Balaban J connectivity index is 2.24. The first-order valence-electron chi connectivity index (χ1n) is 6.00. The minimum atomic E-state index is -4.03. The molecule has 2 unspecified atom stereocenters. The first-order valence-corrected chi connectivity index (χ1v) is 8.34. The van der Waals surface area contributed by atoms with Crippen LogP contribution in [-0.4, -0.2) is 20.9 Å². The molecule has 0 spiro atoms. The van der Waals surface area contributed by atoms with Gasteiger partial charge in [-0.25, -0.2) is 17.9 Å². The van der Waals surface area contributed by atoms with Gasteiger partial charge in [-0.15, -0.1) is 0 Å². The van der Waals surface area contributed by atoms with Gasteiger partial charge in [0, 0.05) is 11.0 Å². The highest BCUT2D eigenvalue weighted by molar-refractivity contribution is 9.10. The number of primary sulfonamides is 1. The van der Waals surface area contributed by atoms with Crippen molar-refractivity contribution in [2.75, 3.05) is 6.54 Å². The predicted molar refractivity (Wildman–Crippen MR) is 75.1 cm³/mol. The molecule has 20 heavy (non-hydrogen) atoms. The maximum Gasteiger partial charge on any atom is 0.254 e. The van der Waals surface area contributed by atoms with E-state index in [1.54, 1.807) is 0 Å². The number of hydrogen-bond acceptors (Lipinski definition) is 3. The number of benzene rings is 1. The number of rotatable bonds is 4. The molecule has 2 rings (SSSR count). The standard InChI is InChI=1S/C12H14BrFN2O3S/c1-6-2-7(6)5-16-12(17)8-3-11(20(15,18)19)9(13)4-10(8)14/h3-4,6-7H,2,5H2,1H3,(H,16,17)(H2,15,18,19). The van der Waals surface area contributed by atoms with Crippen LogP contribution < -0.4 is 10.5 Å². The Morgan fingerprint density at radius 1 is 1.55 bits per heavy atom. The van der Waals surface area contributed by atoms with E-state index in [-0.39, 0.29) is 14.9 Å². The SMILES string of the molecule is CC1CC1CNC(=O)c1cc(S(N)(=O)=O)c(Br)cc1F. The number of carbonyl (C=O) groups excluding carboxylic acids is 1. The number of halogens is 2. The molecule has 1 saturated carbocycles. The molecule has 0 saturated heterocycles. The second kappa shape index (κ2) is 5.42. The lowest BCUT2D eigenvalue weighted by atomic mass is 10.2. The minimum Gasteiger partial charge on any atom is -0.352 e. The average molecular weight is 365 g/mol. The zero-order chi connectivity index (χ0) is 15.1. The van der Waals surface area contributed by atoms with Gasteiger partial charge in [-0.2, -0.15) is 0 Å². The molecule has 0 heterocycles. The summed E-state index contributed by atoms with van der Waals surface area (Å²) in [6.07, 6.45) is 1.03. The first kappa shape index (κ1) is 15.4. The molecule has 0 aromatic heterocycles. The number of nitrogens with two attached hydrogens (primary N) is 1. The molecule has 1 fully saturated rings. The van der Waals surface area contributed by atoms with E-state index in [1.807, 2.05) is 0 Å². The van der Waals surface area contributed by atoms with Crippen molar-refractivity contribution in [1.29, 1.82) is 0 Å². The van der Waals surface area contributed by atoms with Crippen molar-refractivity contribution in [2.24, 2.45) is 17.0 Å². The summed E-state index contributed by atoms with van der Waals surface area (Å²) in [5.41, 5.74) is -0.328. The summed E-state index contributed by atoms with van der Waals surface area (Å²) < 4.78 is 36.5. The lowest BCUT2D eigenvalue weighted by Crippen LogP contribution is -2.27. The average Bonchev–Trinajstić information content (AvgIpc) is 3.00. The van der Waals surface area contributed by atoms with E-state index < -0.39 is 21.7 Å². The highest BCUT2D eigenvalue weighted by Crippen LogP contribution is 2.36. The molecule has 0 bridgehead atoms. The number of carbonyl (C=O) groups is 1. The second-order valence-corrected chi connectivity index (χ2v) is 7.37. The van der Waals surface area contributed by atoms with Crippen molar-refractivity contribution >= 4 is 31.9 Å². The Labute approximate surface area is 124 Å². The van der Waals surface area contributed by atoms with E-state index in [0.717, 1.165) is 18.6 Å². The number of sulfonamides is 1. The number of amides is 1. The maximum atomic E-state index is 13.8. The highest BCUT2D eigenvalue weighted by Gasteiger charge is 2.32. The number of nitrogens with one attached hydrogen (secondary N) is 1. The second-order valence-electron chi connectivity index (χ2n) is 4.99. The fraction of sp³-hybridized carbons (Fsp3) is 0.417. The topological polar surface area (TPSA) is 89.3 Å². The minimum absolute atomic E-state index is 0.00938. The molecule has 110 valence electrons. The summed E-state index contributed by atoms with van der Waals surface area (Å²) in [5, 5.41) is 7.62. The molecule has 1 aliphatic carbocycles. The fourth-order valence-corrected chi connectivity index (χ4v) is 3.53. The van der Waals surface area contributed by atoms with Crippen molar-refractivity contribution in [3.63, 3.8) is 0 Å². The van der Waals surface area contributed by atoms with Crippen LogP contribution in [0.1, 0.15) is 23.7 Å². The molecule has 0 aliphatic heterocycles. The van der Waals surface area contributed by atoms with Gasteiger partial charge in [0.2, 0.25) is 10.0 Å². The van der Waals surface area contributed by atoms with Gasteiger partial charge in [0.05, 0.1) is 10.5 Å².